The molecule has 0 unspecified atom stereocenters. The van der Waals surface area contributed by atoms with E-state index in [1.54, 1.807) is 0 Å². The lowest BCUT2D eigenvalue weighted by Crippen LogP contribution is -2.21. The molecule has 0 spiro atoms. The van der Waals surface area contributed by atoms with E-state index >= 15 is 0 Å². The first kappa shape index (κ1) is 30.8. The van der Waals surface area contributed by atoms with Crippen molar-refractivity contribution < 1.29 is 29.3 Å². The summed E-state index contributed by atoms with van der Waals surface area (Å²) >= 11 is 0. The van der Waals surface area contributed by atoms with Crippen molar-refractivity contribution in [2.75, 3.05) is 26.4 Å². The standard InChI is InChI=1S/C31H46O6/c1-22(2)6-5-7-25-8-10-26(11-9-25)12-13-27-14-16-28(17-15-27)29(20-36-30(34)23(3)18-32)21-37-31(35)24(4)19-33/h14-17,22,25-26,29,32-33H,3-13,18-21H2,1-2H3. The maximum absolute atomic E-state index is 12.0. The molecule has 0 aromatic heterocycles. The summed E-state index contributed by atoms with van der Waals surface area (Å²) in [7, 11) is 0. The zero-order valence-electron chi connectivity index (χ0n) is 22.8. The minimum absolute atomic E-state index is 0.0313. The minimum atomic E-state index is -0.690. The Morgan fingerprint density at radius 1 is 0.865 bits per heavy atom. The largest absolute Gasteiger partial charge is 0.461 e. The highest BCUT2D eigenvalue weighted by Gasteiger charge is 2.22. The Balaban J connectivity index is 1.87. The summed E-state index contributed by atoms with van der Waals surface area (Å²) in [6.45, 7) is 10.5. The SMILES string of the molecule is C=C(CO)C(=O)OCC(COC(=O)C(=C)CO)c1ccc(CCC2CCC(CCCC(C)C)CC2)cc1. The third-order valence-electron chi connectivity index (χ3n) is 7.44. The average Bonchev–Trinajstić information content (AvgIpc) is 2.91. The van der Waals surface area contributed by atoms with Crippen LogP contribution in [0.5, 0.6) is 0 Å². The molecule has 206 valence electrons. The predicted octanol–water partition coefficient (Wildman–Crippen LogP) is 5.52. The van der Waals surface area contributed by atoms with Crippen LogP contribution in [0.4, 0.5) is 0 Å². The molecule has 2 N–H and O–H groups in total. The van der Waals surface area contributed by atoms with Gasteiger partial charge in [0.25, 0.3) is 0 Å². The summed E-state index contributed by atoms with van der Waals surface area (Å²) in [5, 5.41) is 18.2. The van der Waals surface area contributed by atoms with Gasteiger partial charge in [0.2, 0.25) is 0 Å². The summed E-state index contributed by atoms with van der Waals surface area (Å²) in [6.07, 6.45) is 11.7. The van der Waals surface area contributed by atoms with Crippen LogP contribution >= 0.6 is 0 Å². The van der Waals surface area contributed by atoms with Gasteiger partial charge in [-0.3, -0.25) is 0 Å². The van der Waals surface area contributed by atoms with Crippen LogP contribution in [0.2, 0.25) is 0 Å². The number of rotatable bonds is 16. The van der Waals surface area contributed by atoms with Gasteiger partial charge in [0.1, 0.15) is 13.2 Å². The fraction of sp³-hybridized carbons (Fsp3) is 0.613. The molecule has 0 radical (unpaired) electrons. The monoisotopic (exact) mass is 514 g/mol. The molecule has 1 fully saturated rings. The molecule has 1 saturated carbocycles. The first-order valence-corrected chi connectivity index (χ1v) is 13.7. The van der Waals surface area contributed by atoms with Crippen LogP contribution < -0.4 is 0 Å². The van der Waals surface area contributed by atoms with Crippen molar-refractivity contribution in [1.29, 1.82) is 0 Å². The molecule has 37 heavy (non-hydrogen) atoms. The van der Waals surface area contributed by atoms with Crippen molar-refractivity contribution in [1.82, 2.24) is 0 Å². The molecule has 2 rings (SSSR count). The van der Waals surface area contributed by atoms with Gasteiger partial charge >= 0.3 is 11.9 Å². The van der Waals surface area contributed by atoms with Crippen LogP contribution in [0.15, 0.2) is 48.6 Å². The van der Waals surface area contributed by atoms with Crippen LogP contribution in [-0.2, 0) is 25.5 Å². The van der Waals surface area contributed by atoms with Crippen LogP contribution in [-0.4, -0.2) is 48.6 Å². The number of esters is 2. The Hall–Kier alpha value is -2.44. The summed E-state index contributed by atoms with van der Waals surface area (Å²) < 4.78 is 10.5. The van der Waals surface area contributed by atoms with Crippen molar-refractivity contribution in [3.05, 3.63) is 59.7 Å². The van der Waals surface area contributed by atoms with Crippen molar-refractivity contribution in [2.45, 2.75) is 77.6 Å². The molecule has 1 aromatic carbocycles. The van der Waals surface area contributed by atoms with E-state index in [0.717, 1.165) is 29.7 Å². The van der Waals surface area contributed by atoms with Crippen LogP contribution in [0.3, 0.4) is 0 Å². The minimum Gasteiger partial charge on any atom is -0.461 e. The topological polar surface area (TPSA) is 93.1 Å². The van der Waals surface area contributed by atoms with Gasteiger partial charge in [-0.2, -0.15) is 0 Å². The van der Waals surface area contributed by atoms with Crippen molar-refractivity contribution in [3.8, 4) is 0 Å². The number of aliphatic hydroxyl groups excluding tert-OH is 2. The lowest BCUT2D eigenvalue weighted by molar-refractivity contribution is -0.142. The lowest BCUT2D eigenvalue weighted by Gasteiger charge is -2.28. The number of hydrogen-bond acceptors (Lipinski definition) is 6. The Labute approximate surface area is 222 Å². The van der Waals surface area contributed by atoms with Crippen molar-refractivity contribution in [2.24, 2.45) is 17.8 Å². The quantitative estimate of drug-likeness (QED) is 0.223. The van der Waals surface area contributed by atoms with Gasteiger partial charge in [0.05, 0.1) is 30.3 Å². The van der Waals surface area contributed by atoms with E-state index in [2.05, 4.69) is 39.1 Å². The first-order valence-electron chi connectivity index (χ1n) is 13.7. The van der Waals surface area contributed by atoms with Gasteiger partial charge in [-0.25, -0.2) is 9.59 Å². The van der Waals surface area contributed by atoms with Crippen molar-refractivity contribution in [3.63, 3.8) is 0 Å². The highest BCUT2D eigenvalue weighted by atomic mass is 16.5. The number of ether oxygens (including phenoxy) is 2. The van der Waals surface area contributed by atoms with E-state index in [1.165, 1.54) is 56.9 Å². The second-order valence-electron chi connectivity index (χ2n) is 10.9. The summed E-state index contributed by atoms with van der Waals surface area (Å²) in [5.41, 5.74) is 2.06. The predicted molar refractivity (Wildman–Crippen MR) is 146 cm³/mol. The summed E-state index contributed by atoms with van der Waals surface area (Å²) in [6, 6.07) is 8.13. The fourth-order valence-corrected chi connectivity index (χ4v) is 4.88. The number of carbonyl (C=O) groups excluding carboxylic acids is 2. The van der Waals surface area contributed by atoms with E-state index in [4.69, 9.17) is 19.7 Å². The molecule has 6 nitrogen and oxygen atoms in total. The molecule has 0 amide bonds. The van der Waals surface area contributed by atoms with E-state index in [-0.39, 0.29) is 24.4 Å². The van der Waals surface area contributed by atoms with Gasteiger partial charge < -0.3 is 19.7 Å². The maximum atomic E-state index is 12.0. The number of benzene rings is 1. The number of carbonyl (C=O) groups is 2. The Bertz CT molecular complexity index is 832. The molecule has 1 aliphatic rings. The number of aryl methyl sites for hydroxylation is 1. The van der Waals surface area contributed by atoms with Crippen LogP contribution in [0.25, 0.3) is 0 Å². The molecule has 0 aliphatic heterocycles. The van der Waals surface area contributed by atoms with Gasteiger partial charge in [0, 0.05) is 0 Å². The Morgan fingerprint density at radius 3 is 1.81 bits per heavy atom. The van der Waals surface area contributed by atoms with Crippen LogP contribution in [0.1, 0.15) is 82.3 Å². The lowest BCUT2D eigenvalue weighted by atomic mass is 9.77. The molecule has 0 bridgehead atoms. The molecule has 1 aromatic rings. The van der Waals surface area contributed by atoms with Crippen LogP contribution in [0, 0.1) is 17.8 Å². The highest BCUT2D eigenvalue weighted by molar-refractivity contribution is 5.88. The third-order valence-corrected chi connectivity index (χ3v) is 7.44. The molecular weight excluding hydrogens is 468 g/mol. The molecule has 0 saturated heterocycles. The molecule has 0 heterocycles. The first-order chi connectivity index (χ1) is 17.7. The number of hydrogen-bond donors (Lipinski definition) is 2. The highest BCUT2D eigenvalue weighted by Crippen LogP contribution is 2.34. The second kappa shape index (κ2) is 16.4. The normalized spacial score (nSPS) is 17.6. The zero-order chi connectivity index (χ0) is 27.2. The maximum Gasteiger partial charge on any atom is 0.335 e. The third kappa shape index (κ3) is 11.2. The Morgan fingerprint density at radius 2 is 1.35 bits per heavy atom. The Kier molecular flexibility index (Phi) is 13.7. The van der Waals surface area contributed by atoms with Crippen molar-refractivity contribution >= 4 is 11.9 Å². The summed E-state index contributed by atoms with van der Waals surface area (Å²) in [4.78, 5) is 23.9. The number of aliphatic hydroxyl groups is 2. The average molecular weight is 515 g/mol. The molecular formula is C31H46O6. The van der Waals surface area contributed by atoms with E-state index in [9.17, 15) is 9.59 Å². The van der Waals surface area contributed by atoms with Gasteiger partial charge in [-0.05, 0) is 41.7 Å². The second-order valence-corrected chi connectivity index (χ2v) is 10.9. The molecule has 0 atom stereocenters. The molecule has 6 heteroatoms. The molecule has 1 aliphatic carbocycles. The zero-order valence-corrected chi connectivity index (χ0v) is 22.8. The van der Waals surface area contributed by atoms with E-state index in [1.807, 2.05) is 12.1 Å². The fourth-order valence-electron chi connectivity index (χ4n) is 4.88. The van der Waals surface area contributed by atoms with E-state index < -0.39 is 31.1 Å². The van der Waals surface area contributed by atoms with Gasteiger partial charge in [-0.1, -0.05) is 96.2 Å². The van der Waals surface area contributed by atoms with Gasteiger partial charge in [0.15, 0.2) is 0 Å². The van der Waals surface area contributed by atoms with Gasteiger partial charge in [-0.15, -0.1) is 0 Å². The van der Waals surface area contributed by atoms with E-state index in [0.29, 0.717) is 0 Å². The smallest absolute Gasteiger partial charge is 0.335 e. The summed E-state index contributed by atoms with van der Waals surface area (Å²) in [5.74, 6) is 0.742.